The molecule has 1 aliphatic heterocycles. The molecule has 0 amide bonds. The van der Waals surface area contributed by atoms with Crippen molar-refractivity contribution in [3.05, 3.63) is 0 Å². The lowest BCUT2D eigenvalue weighted by Crippen LogP contribution is -2.55. The van der Waals surface area contributed by atoms with Gasteiger partial charge in [0.05, 0.1) is 0 Å². The van der Waals surface area contributed by atoms with Crippen LogP contribution in [0.1, 0.15) is 235 Å². The van der Waals surface area contributed by atoms with Gasteiger partial charge in [0, 0.05) is 0 Å². The SMILES string of the molecule is CCCCCC(C)CCCC(C)C1CCC2C(C1)C(C1CCC(C(CC)CCCC)CC1)C1CCC([C@@H]3[B]C3)CC1C2C1CCC(C(CC)CCCC)CC1. The summed E-state index contributed by atoms with van der Waals surface area (Å²) in [6, 6.07) is 0. The van der Waals surface area contributed by atoms with Crippen molar-refractivity contribution in [2.45, 2.75) is 247 Å². The van der Waals surface area contributed by atoms with Gasteiger partial charge in [0.1, 0.15) is 7.28 Å². The van der Waals surface area contributed by atoms with Gasteiger partial charge >= 0.3 is 0 Å². The second-order valence-electron chi connectivity index (χ2n) is 22.6. The molecule has 0 N–H and O–H groups in total. The van der Waals surface area contributed by atoms with E-state index in [2.05, 4.69) is 55.7 Å². The summed E-state index contributed by atoms with van der Waals surface area (Å²) in [6.07, 6.45) is 45.8. The molecule has 0 nitrogen and oxygen atoms in total. The second kappa shape index (κ2) is 22.6. The Hall–Kier alpha value is 0.0649. The Labute approximate surface area is 347 Å². The first-order valence-electron chi connectivity index (χ1n) is 26.7. The van der Waals surface area contributed by atoms with Gasteiger partial charge in [0.2, 0.25) is 0 Å². The van der Waals surface area contributed by atoms with Gasteiger partial charge in [0.15, 0.2) is 0 Å². The first-order chi connectivity index (χ1) is 26.9. The van der Waals surface area contributed by atoms with Gasteiger partial charge in [0.25, 0.3) is 0 Å². The molecule has 0 spiro atoms. The maximum absolute atomic E-state index is 2.73. The zero-order chi connectivity index (χ0) is 38.7. The number of fused-ring (bicyclic) bond motifs is 2. The van der Waals surface area contributed by atoms with Crippen LogP contribution in [0.2, 0.25) is 12.1 Å². The Kier molecular flexibility index (Phi) is 18.3. The highest BCUT2D eigenvalue weighted by Crippen LogP contribution is 2.65. The molecule has 5 saturated carbocycles. The van der Waals surface area contributed by atoms with Crippen molar-refractivity contribution in [1.29, 1.82) is 0 Å². The lowest BCUT2D eigenvalue weighted by molar-refractivity contribution is -0.132. The molecule has 6 fully saturated rings. The summed E-state index contributed by atoms with van der Waals surface area (Å²) >= 11 is 0. The zero-order valence-corrected chi connectivity index (χ0v) is 38.6. The lowest BCUT2D eigenvalue weighted by atomic mass is 9.43. The van der Waals surface area contributed by atoms with Crippen LogP contribution in [0.3, 0.4) is 0 Å². The minimum absolute atomic E-state index is 0.942. The van der Waals surface area contributed by atoms with Crippen LogP contribution in [-0.4, -0.2) is 7.28 Å². The van der Waals surface area contributed by atoms with Crippen molar-refractivity contribution in [2.24, 2.45) is 94.7 Å². The summed E-state index contributed by atoms with van der Waals surface area (Å²) < 4.78 is 0. The molecule has 0 aromatic heterocycles. The summed E-state index contributed by atoms with van der Waals surface area (Å²) in [4.78, 5) is 0. The van der Waals surface area contributed by atoms with Gasteiger partial charge in [-0.15, -0.1) is 0 Å². The van der Waals surface area contributed by atoms with Crippen LogP contribution in [-0.2, 0) is 0 Å². The van der Waals surface area contributed by atoms with Gasteiger partial charge in [-0.3, -0.25) is 0 Å². The fourth-order valence-corrected chi connectivity index (χ4v) is 16.2. The van der Waals surface area contributed by atoms with Gasteiger partial charge in [-0.25, -0.2) is 0 Å². The van der Waals surface area contributed by atoms with Gasteiger partial charge < -0.3 is 0 Å². The van der Waals surface area contributed by atoms with Crippen LogP contribution < -0.4 is 0 Å². The van der Waals surface area contributed by atoms with Gasteiger partial charge in [-0.05, 0) is 178 Å². The number of unbranched alkanes of at least 4 members (excludes halogenated alkanes) is 4. The van der Waals surface area contributed by atoms with Crippen molar-refractivity contribution in [3.8, 4) is 0 Å². The topological polar surface area (TPSA) is 0 Å². The van der Waals surface area contributed by atoms with Crippen molar-refractivity contribution >= 4 is 7.28 Å². The van der Waals surface area contributed by atoms with Crippen molar-refractivity contribution < 1.29 is 0 Å². The summed E-state index contributed by atoms with van der Waals surface area (Å²) in [6.45, 7) is 17.5. The van der Waals surface area contributed by atoms with Crippen LogP contribution in [0, 0.1) is 94.7 Å². The minimum atomic E-state index is 0.942. The molecule has 0 aromatic rings. The van der Waals surface area contributed by atoms with Gasteiger partial charge in [-0.2, -0.15) is 0 Å². The highest BCUT2D eigenvalue weighted by atomic mass is 14.6. The zero-order valence-electron chi connectivity index (χ0n) is 38.6. The third kappa shape index (κ3) is 11.7. The smallest absolute Gasteiger partial charge is 0.0839 e. The molecule has 55 heavy (non-hydrogen) atoms. The van der Waals surface area contributed by atoms with E-state index in [1.165, 1.54) is 103 Å². The largest absolute Gasteiger partial charge is 0.112 e. The predicted octanol–water partition coefficient (Wildman–Crippen LogP) is 17.3. The third-order valence-electron chi connectivity index (χ3n) is 19.5. The molecule has 1 heteroatoms. The predicted molar refractivity (Wildman–Crippen MR) is 244 cm³/mol. The highest BCUT2D eigenvalue weighted by molar-refractivity contribution is 6.50. The van der Waals surface area contributed by atoms with Crippen LogP contribution in [0.25, 0.3) is 0 Å². The van der Waals surface area contributed by atoms with Gasteiger partial charge in [-0.1, -0.05) is 163 Å². The molecule has 317 valence electrons. The molecule has 13 atom stereocenters. The normalized spacial score (nSPS) is 39.9. The Morgan fingerprint density at radius 3 is 1.42 bits per heavy atom. The maximum atomic E-state index is 2.73. The summed E-state index contributed by atoms with van der Waals surface area (Å²) in [7, 11) is 2.72. The molecule has 0 bridgehead atoms. The quantitative estimate of drug-likeness (QED) is 0.0762. The Bertz CT molecular complexity index is 1030. The van der Waals surface area contributed by atoms with E-state index in [1.54, 1.807) is 89.9 Å². The monoisotopic (exact) mass is 758 g/mol. The molecule has 0 aromatic carbocycles. The number of hydrogen-bond donors (Lipinski definition) is 0. The average molecular weight is 758 g/mol. The molecule has 1 radical (unpaired) electrons. The summed E-state index contributed by atoms with van der Waals surface area (Å²) in [5.41, 5.74) is 0. The summed E-state index contributed by atoms with van der Waals surface area (Å²) in [5.74, 6) is 17.7. The molecular formula is C54H98B. The molecule has 1 saturated heterocycles. The number of hydrogen-bond acceptors (Lipinski definition) is 0. The molecule has 12 unspecified atom stereocenters. The van der Waals surface area contributed by atoms with E-state index in [9.17, 15) is 0 Å². The van der Waals surface area contributed by atoms with Crippen LogP contribution in [0.15, 0.2) is 0 Å². The molecule has 6 rings (SSSR count). The Balaban J connectivity index is 1.20. The lowest BCUT2D eigenvalue weighted by Gasteiger charge is -2.62. The average Bonchev–Trinajstić information content (AvgIpc) is 4.07. The fourth-order valence-electron chi connectivity index (χ4n) is 16.2. The maximum Gasteiger partial charge on any atom is 0.112 e. The molecule has 1 heterocycles. The Morgan fingerprint density at radius 2 is 0.909 bits per heavy atom. The van der Waals surface area contributed by atoms with Crippen LogP contribution in [0.5, 0.6) is 0 Å². The van der Waals surface area contributed by atoms with Crippen LogP contribution in [0.4, 0.5) is 0 Å². The van der Waals surface area contributed by atoms with Crippen molar-refractivity contribution in [2.75, 3.05) is 0 Å². The first kappa shape index (κ1) is 44.6. The fraction of sp³-hybridized carbons (Fsp3) is 1.00. The first-order valence-corrected chi connectivity index (χ1v) is 26.7. The van der Waals surface area contributed by atoms with E-state index >= 15 is 0 Å². The standard InChI is InChI=1S/C54H98B/c1-8-13-16-18-38(6)19-17-20-39(7)46-31-33-48-50(35-46)53(44-27-23-42(24-28-44)40(11-4)21-14-9-2)49-34-32-47(52-37-55-52)36-51(49)54(48)45-29-25-43(26-30-45)41(12-5)22-15-10-3/h38-54H,8-37H2,1-7H3/t38?,39?,40?,41?,42?,43?,44?,45?,46?,47?,48?,49?,50?,51?,52-,53?,54?/m1/s1. The molecule has 5 aliphatic carbocycles. The Morgan fingerprint density at radius 1 is 0.436 bits per heavy atom. The second-order valence-corrected chi connectivity index (χ2v) is 22.6. The minimum Gasteiger partial charge on any atom is -0.0839 e. The van der Waals surface area contributed by atoms with E-state index in [0.717, 1.165) is 101 Å². The number of rotatable bonds is 22. The van der Waals surface area contributed by atoms with E-state index < -0.39 is 0 Å². The van der Waals surface area contributed by atoms with Crippen LogP contribution >= 0.6 is 0 Å². The summed E-state index contributed by atoms with van der Waals surface area (Å²) in [5, 5.41) is 0. The van der Waals surface area contributed by atoms with E-state index in [1.807, 2.05) is 0 Å². The van der Waals surface area contributed by atoms with E-state index in [4.69, 9.17) is 0 Å². The molecular weight excluding hydrogens is 659 g/mol. The van der Waals surface area contributed by atoms with E-state index in [0.29, 0.717) is 0 Å². The third-order valence-corrected chi connectivity index (χ3v) is 19.5. The highest BCUT2D eigenvalue weighted by Gasteiger charge is 2.58. The van der Waals surface area contributed by atoms with E-state index in [-0.39, 0.29) is 0 Å². The molecule has 6 aliphatic rings. The van der Waals surface area contributed by atoms with Crippen molar-refractivity contribution in [3.63, 3.8) is 0 Å². The van der Waals surface area contributed by atoms with Crippen molar-refractivity contribution in [1.82, 2.24) is 0 Å².